The Hall–Kier alpha value is -1.53. The quantitative estimate of drug-likeness (QED) is 0.857. The van der Waals surface area contributed by atoms with Crippen molar-refractivity contribution in [3.05, 3.63) is 69.7 Å². The number of hydrogen-bond donors (Lipinski definition) is 1. The van der Waals surface area contributed by atoms with Gasteiger partial charge in [-0.1, -0.05) is 35.3 Å². The predicted octanol–water partition coefficient (Wildman–Crippen LogP) is 4.01. The van der Waals surface area contributed by atoms with Gasteiger partial charge in [-0.3, -0.25) is 0 Å². The first-order chi connectivity index (χ1) is 8.65. The Labute approximate surface area is 117 Å². The van der Waals surface area contributed by atoms with Crippen molar-refractivity contribution in [1.29, 1.82) is 5.26 Å². The van der Waals surface area contributed by atoms with Gasteiger partial charge in [-0.2, -0.15) is 5.26 Å². The number of halogens is 2. The standard InChI is InChI=1S/C7H8ClN.C7H4ClN/c2*8-7-3-1-6(5-9)2-4-7/h1-4H,5,9H2;1-4H. The smallest absolute Gasteiger partial charge is 0.0991 e. The fourth-order valence-electron chi connectivity index (χ4n) is 1.14. The van der Waals surface area contributed by atoms with Crippen LogP contribution in [0.15, 0.2) is 48.5 Å². The highest BCUT2D eigenvalue weighted by Crippen LogP contribution is 2.08. The van der Waals surface area contributed by atoms with Gasteiger partial charge in [0.05, 0.1) is 11.6 Å². The molecular weight excluding hydrogens is 267 g/mol. The lowest BCUT2D eigenvalue weighted by molar-refractivity contribution is 1.07. The number of nitrogens with two attached hydrogens (primary N) is 1. The molecule has 0 unspecified atom stereocenters. The van der Waals surface area contributed by atoms with Crippen LogP contribution in [-0.4, -0.2) is 0 Å². The maximum atomic E-state index is 8.34. The zero-order chi connectivity index (χ0) is 13.4. The third kappa shape index (κ3) is 5.20. The Kier molecular flexibility index (Phi) is 6.24. The topological polar surface area (TPSA) is 49.8 Å². The number of benzene rings is 2. The number of rotatable bonds is 1. The molecule has 2 N–H and O–H groups in total. The Morgan fingerprint density at radius 2 is 1.33 bits per heavy atom. The number of nitriles is 1. The molecule has 0 aliphatic heterocycles. The minimum Gasteiger partial charge on any atom is -0.326 e. The fourth-order valence-corrected chi connectivity index (χ4v) is 1.40. The van der Waals surface area contributed by atoms with E-state index in [0.717, 1.165) is 10.6 Å². The zero-order valence-corrected chi connectivity index (χ0v) is 11.1. The molecular formula is C14H12Cl2N2. The van der Waals surface area contributed by atoms with Crippen LogP contribution < -0.4 is 5.73 Å². The molecule has 2 rings (SSSR count). The minimum absolute atomic E-state index is 0.581. The van der Waals surface area contributed by atoms with Gasteiger partial charge in [-0.25, -0.2) is 0 Å². The maximum absolute atomic E-state index is 8.34. The highest BCUT2D eigenvalue weighted by Gasteiger charge is 1.87. The van der Waals surface area contributed by atoms with Gasteiger partial charge in [0.15, 0.2) is 0 Å². The van der Waals surface area contributed by atoms with Crippen LogP contribution in [0.1, 0.15) is 11.1 Å². The summed E-state index contributed by atoms with van der Waals surface area (Å²) in [5.41, 5.74) is 7.11. The van der Waals surface area contributed by atoms with Gasteiger partial charge >= 0.3 is 0 Å². The summed E-state index contributed by atoms with van der Waals surface area (Å²) in [5, 5.41) is 9.75. The summed E-state index contributed by atoms with van der Waals surface area (Å²) >= 11 is 11.2. The average Bonchev–Trinajstić information content (AvgIpc) is 2.41. The van der Waals surface area contributed by atoms with Crippen LogP contribution in [-0.2, 0) is 6.54 Å². The lowest BCUT2D eigenvalue weighted by Gasteiger charge is -1.93. The lowest BCUT2D eigenvalue weighted by Crippen LogP contribution is -1.94. The third-order valence-corrected chi connectivity index (χ3v) is 2.63. The molecule has 0 heterocycles. The van der Waals surface area contributed by atoms with E-state index in [-0.39, 0.29) is 0 Å². The van der Waals surface area contributed by atoms with Gasteiger partial charge in [0, 0.05) is 16.6 Å². The van der Waals surface area contributed by atoms with Gasteiger partial charge in [0.25, 0.3) is 0 Å². The molecule has 92 valence electrons. The van der Waals surface area contributed by atoms with Crippen molar-refractivity contribution in [2.45, 2.75) is 6.54 Å². The van der Waals surface area contributed by atoms with E-state index in [2.05, 4.69) is 0 Å². The SMILES string of the molecule is N#Cc1ccc(Cl)cc1.NCc1ccc(Cl)cc1. The average molecular weight is 279 g/mol. The molecule has 0 atom stereocenters. The summed E-state index contributed by atoms with van der Waals surface area (Å²) in [4.78, 5) is 0. The molecule has 0 amide bonds. The maximum Gasteiger partial charge on any atom is 0.0991 e. The van der Waals surface area contributed by atoms with E-state index in [1.54, 1.807) is 24.3 Å². The Bertz CT molecular complexity index is 513. The van der Waals surface area contributed by atoms with Gasteiger partial charge in [-0.05, 0) is 42.0 Å². The van der Waals surface area contributed by atoms with Crippen molar-refractivity contribution < 1.29 is 0 Å². The predicted molar refractivity (Wildman–Crippen MR) is 75.5 cm³/mol. The van der Waals surface area contributed by atoms with Crippen molar-refractivity contribution >= 4 is 23.2 Å². The second kappa shape index (κ2) is 7.73. The first kappa shape index (κ1) is 14.5. The summed E-state index contributed by atoms with van der Waals surface area (Å²) in [7, 11) is 0. The molecule has 0 saturated carbocycles. The molecule has 0 bridgehead atoms. The van der Waals surface area contributed by atoms with Crippen LogP contribution in [0.2, 0.25) is 10.0 Å². The first-order valence-corrected chi connectivity index (χ1v) is 6.01. The van der Waals surface area contributed by atoms with Crippen LogP contribution >= 0.6 is 23.2 Å². The summed E-state index contributed by atoms with van der Waals surface area (Å²) < 4.78 is 0. The first-order valence-electron chi connectivity index (χ1n) is 5.26. The Balaban J connectivity index is 0.000000180. The molecule has 2 nitrogen and oxygen atoms in total. The molecule has 2 aromatic carbocycles. The van der Waals surface area contributed by atoms with E-state index in [4.69, 9.17) is 34.2 Å². The minimum atomic E-state index is 0.581. The molecule has 2 aromatic rings. The Morgan fingerprint density at radius 3 is 1.72 bits per heavy atom. The molecule has 0 radical (unpaired) electrons. The molecule has 0 aromatic heterocycles. The second-order valence-corrected chi connectivity index (χ2v) is 4.32. The molecule has 0 aliphatic carbocycles. The third-order valence-electron chi connectivity index (χ3n) is 2.12. The summed E-state index contributed by atoms with van der Waals surface area (Å²) in [5.74, 6) is 0. The van der Waals surface area contributed by atoms with E-state index in [9.17, 15) is 0 Å². The summed E-state index contributed by atoms with van der Waals surface area (Å²) in [6, 6.07) is 16.3. The van der Waals surface area contributed by atoms with E-state index in [1.165, 1.54) is 0 Å². The second-order valence-electron chi connectivity index (χ2n) is 3.45. The number of hydrogen-bond acceptors (Lipinski definition) is 2. The van der Waals surface area contributed by atoms with E-state index < -0.39 is 0 Å². The van der Waals surface area contributed by atoms with E-state index in [1.807, 2.05) is 30.3 Å². The van der Waals surface area contributed by atoms with Crippen LogP contribution in [0, 0.1) is 11.3 Å². The highest BCUT2D eigenvalue weighted by atomic mass is 35.5. The van der Waals surface area contributed by atoms with Crippen molar-refractivity contribution in [3.8, 4) is 6.07 Å². The lowest BCUT2D eigenvalue weighted by atomic mass is 10.2. The zero-order valence-electron chi connectivity index (χ0n) is 9.61. The van der Waals surface area contributed by atoms with Gasteiger partial charge in [0.2, 0.25) is 0 Å². The molecule has 18 heavy (non-hydrogen) atoms. The van der Waals surface area contributed by atoms with E-state index in [0.29, 0.717) is 17.1 Å². The molecule has 0 aliphatic rings. The van der Waals surface area contributed by atoms with Crippen LogP contribution in [0.5, 0.6) is 0 Å². The molecule has 0 spiro atoms. The van der Waals surface area contributed by atoms with Gasteiger partial charge < -0.3 is 5.73 Å². The monoisotopic (exact) mass is 278 g/mol. The van der Waals surface area contributed by atoms with Crippen molar-refractivity contribution in [2.24, 2.45) is 5.73 Å². The van der Waals surface area contributed by atoms with Gasteiger partial charge in [-0.15, -0.1) is 0 Å². The van der Waals surface area contributed by atoms with Crippen molar-refractivity contribution in [3.63, 3.8) is 0 Å². The number of nitrogens with zero attached hydrogens (tertiary/aromatic N) is 1. The molecule has 0 saturated heterocycles. The van der Waals surface area contributed by atoms with Crippen molar-refractivity contribution in [1.82, 2.24) is 0 Å². The normalized spacial score (nSPS) is 9.00. The largest absolute Gasteiger partial charge is 0.326 e. The molecule has 4 heteroatoms. The summed E-state index contributed by atoms with van der Waals surface area (Å²) in [6.45, 7) is 0.581. The Morgan fingerprint density at radius 1 is 0.889 bits per heavy atom. The van der Waals surface area contributed by atoms with Crippen LogP contribution in [0.3, 0.4) is 0 Å². The molecule has 0 fully saturated rings. The van der Waals surface area contributed by atoms with Gasteiger partial charge in [0.1, 0.15) is 0 Å². The highest BCUT2D eigenvalue weighted by molar-refractivity contribution is 6.30. The van der Waals surface area contributed by atoms with Crippen molar-refractivity contribution in [2.75, 3.05) is 0 Å². The fraction of sp³-hybridized carbons (Fsp3) is 0.0714. The van der Waals surface area contributed by atoms with Crippen LogP contribution in [0.25, 0.3) is 0 Å². The van der Waals surface area contributed by atoms with Crippen LogP contribution in [0.4, 0.5) is 0 Å². The van der Waals surface area contributed by atoms with E-state index >= 15 is 0 Å². The summed E-state index contributed by atoms with van der Waals surface area (Å²) in [6.07, 6.45) is 0.